The number of hydrogen-bond donors (Lipinski definition) is 1. The summed E-state index contributed by atoms with van der Waals surface area (Å²) < 4.78 is 20.8. The molecule has 25 heavy (non-hydrogen) atoms. The predicted octanol–water partition coefficient (Wildman–Crippen LogP) is 3.63. The minimum absolute atomic E-state index is 0.213. The van der Waals surface area contributed by atoms with Crippen LogP contribution in [0.3, 0.4) is 0 Å². The van der Waals surface area contributed by atoms with Gasteiger partial charge in [0.1, 0.15) is 22.6 Å². The van der Waals surface area contributed by atoms with Gasteiger partial charge in [-0.05, 0) is 44.5 Å². The fraction of sp³-hybridized carbons (Fsp3) is 0.353. The van der Waals surface area contributed by atoms with Crippen molar-refractivity contribution in [2.24, 2.45) is 4.40 Å². The molecule has 0 aliphatic heterocycles. The van der Waals surface area contributed by atoms with E-state index < -0.39 is 15.7 Å². The molecule has 1 heterocycles. The van der Waals surface area contributed by atoms with Gasteiger partial charge in [-0.25, -0.2) is 4.21 Å². The zero-order chi connectivity index (χ0) is 18.4. The largest absolute Gasteiger partial charge is 0.497 e. The van der Waals surface area contributed by atoms with Crippen LogP contribution in [0.15, 0.2) is 34.7 Å². The summed E-state index contributed by atoms with van der Waals surface area (Å²) in [5, 5.41) is 11.3. The van der Waals surface area contributed by atoms with E-state index in [4.69, 9.17) is 16.3 Å². The van der Waals surface area contributed by atoms with Crippen LogP contribution in [0.4, 0.5) is 5.82 Å². The minimum Gasteiger partial charge on any atom is -0.497 e. The molecule has 0 aliphatic carbocycles. The van der Waals surface area contributed by atoms with E-state index >= 15 is 0 Å². The summed E-state index contributed by atoms with van der Waals surface area (Å²) in [4.78, 5) is 0. The summed E-state index contributed by atoms with van der Waals surface area (Å²) in [6.45, 7) is 6.14. The average molecular weight is 381 g/mol. The summed E-state index contributed by atoms with van der Waals surface area (Å²) >= 11 is 6.04. The molecule has 1 atom stereocenters. The molecule has 1 aromatic carbocycles. The first-order valence-corrected chi connectivity index (χ1v) is 9.14. The molecule has 134 valence electrons. The van der Waals surface area contributed by atoms with Crippen LogP contribution in [0.1, 0.15) is 31.9 Å². The van der Waals surface area contributed by atoms with Gasteiger partial charge in [0.05, 0.1) is 11.9 Å². The Labute approximate surface area is 155 Å². The molecular weight excluding hydrogens is 360 g/mol. The van der Waals surface area contributed by atoms with Crippen LogP contribution in [-0.4, -0.2) is 32.5 Å². The summed E-state index contributed by atoms with van der Waals surface area (Å²) in [6, 6.07) is 9.44. The van der Waals surface area contributed by atoms with E-state index in [1.165, 1.54) is 6.21 Å². The van der Waals surface area contributed by atoms with Crippen molar-refractivity contribution in [1.82, 2.24) is 10.2 Å². The number of anilines is 1. The number of hydrogen-bond acceptors (Lipinski definition) is 5. The quantitative estimate of drug-likeness (QED) is 0.774. The van der Waals surface area contributed by atoms with Gasteiger partial charge >= 0.3 is 0 Å². The van der Waals surface area contributed by atoms with E-state index in [9.17, 15) is 4.21 Å². The average Bonchev–Trinajstić information content (AvgIpc) is 2.59. The maximum Gasteiger partial charge on any atom is 0.160 e. The van der Waals surface area contributed by atoms with Crippen molar-refractivity contribution in [2.45, 2.75) is 32.1 Å². The van der Waals surface area contributed by atoms with E-state index in [2.05, 4.69) is 19.9 Å². The molecule has 0 fully saturated rings. The first-order chi connectivity index (χ1) is 11.8. The molecule has 0 bridgehead atoms. The molecule has 1 N–H and O–H groups in total. The Bertz CT molecular complexity index is 773. The van der Waals surface area contributed by atoms with Crippen LogP contribution in [0.25, 0.3) is 0 Å². The van der Waals surface area contributed by atoms with Crippen LogP contribution in [0.2, 0.25) is 5.15 Å². The number of methoxy groups -OCH3 is 1. The van der Waals surface area contributed by atoms with Crippen molar-refractivity contribution in [3.8, 4) is 5.75 Å². The third-order valence-electron chi connectivity index (χ3n) is 3.22. The smallest absolute Gasteiger partial charge is 0.160 e. The Morgan fingerprint density at radius 3 is 2.56 bits per heavy atom. The Hall–Kier alpha value is -1.99. The van der Waals surface area contributed by atoms with Crippen molar-refractivity contribution in [3.05, 3.63) is 46.6 Å². The lowest BCUT2D eigenvalue weighted by molar-refractivity contribution is 0.414. The van der Waals surface area contributed by atoms with Gasteiger partial charge in [0.2, 0.25) is 0 Å². The SMILES string of the molecule is COc1ccc(CNc2cc(/C=N/[S@](=O)C(C)(C)C)c(Cl)nn2)cc1. The molecule has 2 aromatic rings. The summed E-state index contributed by atoms with van der Waals surface area (Å²) in [6.07, 6.45) is 1.47. The van der Waals surface area contributed by atoms with Gasteiger partial charge in [0.25, 0.3) is 0 Å². The van der Waals surface area contributed by atoms with Crippen LogP contribution in [0.5, 0.6) is 5.75 Å². The molecule has 6 nitrogen and oxygen atoms in total. The van der Waals surface area contributed by atoms with Gasteiger partial charge < -0.3 is 10.1 Å². The molecule has 0 aliphatic rings. The summed E-state index contributed by atoms with van der Waals surface area (Å²) in [7, 11) is 0.272. The summed E-state index contributed by atoms with van der Waals surface area (Å²) in [5.41, 5.74) is 1.63. The van der Waals surface area contributed by atoms with Crippen molar-refractivity contribution in [1.29, 1.82) is 0 Å². The molecule has 0 spiro atoms. The summed E-state index contributed by atoms with van der Waals surface area (Å²) in [5.74, 6) is 1.36. The first kappa shape index (κ1) is 19.3. The second-order valence-electron chi connectivity index (χ2n) is 6.27. The van der Waals surface area contributed by atoms with Gasteiger partial charge in [-0.2, -0.15) is 4.40 Å². The lowest BCUT2D eigenvalue weighted by Gasteiger charge is -2.12. The molecule has 0 saturated carbocycles. The van der Waals surface area contributed by atoms with Crippen molar-refractivity contribution >= 4 is 34.6 Å². The van der Waals surface area contributed by atoms with E-state index in [1.807, 2.05) is 45.0 Å². The number of nitrogens with zero attached hydrogens (tertiary/aromatic N) is 3. The first-order valence-electron chi connectivity index (χ1n) is 7.65. The molecule has 0 amide bonds. The Kier molecular flexibility index (Phi) is 6.50. The van der Waals surface area contributed by atoms with Crippen LogP contribution < -0.4 is 10.1 Å². The molecule has 8 heteroatoms. The van der Waals surface area contributed by atoms with Gasteiger partial charge in [-0.1, -0.05) is 23.7 Å². The molecule has 0 saturated heterocycles. The number of benzene rings is 1. The fourth-order valence-electron chi connectivity index (χ4n) is 1.77. The highest BCUT2D eigenvalue weighted by Crippen LogP contribution is 2.17. The Balaban J connectivity index is 2.07. The minimum atomic E-state index is -1.36. The van der Waals surface area contributed by atoms with Crippen molar-refractivity contribution in [2.75, 3.05) is 12.4 Å². The highest BCUT2D eigenvalue weighted by Gasteiger charge is 2.18. The Morgan fingerprint density at radius 1 is 1.28 bits per heavy atom. The number of halogens is 1. The van der Waals surface area contributed by atoms with Crippen LogP contribution >= 0.6 is 11.6 Å². The maximum atomic E-state index is 12.0. The predicted molar refractivity (Wildman–Crippen MR) is 103 cm³/mol. The number of aromatic nitrogens is 2. The highest BCUT2D eigenvalue weighted by atomic mass is 35.5. The van der Waals surface area contributed by atoms with Gasteiger partial charge in [-0.15, -0.1) is 10.2 Å². The number of rotatable bonds is 6. The second kappa shape index (κ2) is 8.40. The standard InChI is InChI=1S/C17H21ClN4O2S/c1-17(2,3)25(23)20-11-13-9-15(21-22-16(13)18)19-10-12-5-7-14(24-4)8-6-12/h5-9,11H,10H2,1-4H3,(H,19,21)/b20-11+/t25-/m1/s1. The van der Waals surface area contributed by atoms with E-state index in [1.54, 1.807) is 13.2 Å². The lowest BCUT2D eigenvalue weighted by Crippen LogP contribution is -2.19. The van der Waals surface area contributed by atoms with E-state index in [0.29, 0.717) is 17.9 Å². The number of nitrogens with one attached hydrogen (secondary N) is 1. The fourth-order valence-corrected chi connectivity index (χ4v) is 2.43. The van der Waals surface area contributed by atoms with E-state index in [0.717, 1.165) is 11.3 Å². The Morgan fingerprint density at radius 2 is 1.96 bits per heavy atom. The third-order valence-corrected chi connectivity index (χ3v) is 4.86. The molecule has 0 radical (unpaired) electrons. The van der Waals surface area contributed by atoms with E-state index in [-0.39, 0.29) is 5.15 Å². The van der Waals surface area contributed by atoms with Gasteiger partial charge in [0.15, 0.2) is 5.15 Å². The second-order valence-corrected chi connectivity index (χ2v) is 8.57. The highest BCUT2D eigenvalue weighted by molar-refractivity contribution is 7.85. The molecule has 0 unspecified atom stereocenters. The molecule has 2 rings (SSSR count). The molecular formula is C17H21ClN4O2S. The van der Waals surface area contributed by atoms with Crippen molar-refractivity contribution in [3.63, 3.8) is 0 Å². The molecule has 1 aromatic heterocycles. The number of ether oxygens (including phenoxy) is 1. The zero-order valence-electron chi connectivity index (χ0n) is 14.6. The normalized spacial score (nSPS) is 13.0. The van der Waals surface area contributed by atoms with Crippen molar-refractivity contribution < 1.29 is 8.95 Å². The maximum absolute atomic E-state index is 12.0. The third kappa shape index (κ3) is 5.79. The lowest BCUT2D eigenvalue weighted by atomic mass is 10.2. The zero-order valence-corrected chi connectivity index (χ0v) is 16.2. The van der Waals surface area contributed by atoms with Crippen LogP contribution in [-0.2, 0) is 17.5 Å². The monoisotopic (exact) mass is 380 g/mol. The van der Waals surface area contributed by atoms with Gasteiger partial charge in [0, 0.05) is 18.3 Å². The van der Waals surface area contributed by atoms with Gasteiger partial charge in [-0.3, -0.25) is 0 Å². The topological polar surface area (TPSA) is 76.5 Å². The van der Waals surface area contributed by atoms with Crippen LogP contribution in [0, 0.1) is 0 Å².